The summed E-state index contributed by atoms with van der Waals surface area (Å²) < 4.78 is 0. The predicted molar refractivity (Wildman–Crippen MR) is 80.4 cm³/mol. The van der Waals surface area contributed by atoms with Crippen LogP contribution in [0.5, 0.6) is 0 Å². The van der Waals surface area contributed by atoms with E-state index >= 15 is 0 Å². The molecule has 1 aromatic rings. The van der Waals surface area contributed by atoms with Crippen molar-refractivity contribution in [3.63, 3.8) is 0 Å². The van der Waals surface area contributed by atoms with Crippen LogP contribution in [-0.2, 0) is 6.42 Å². The Morgan fingerprint density at radius 1 is 1.45 bits per heavy atom. The molecule has 0 aliphatic heterocycles. The largest absolute Gasteiger partial charge is 0.395 e. The maximum absolute atomic E-state index is 12.3. The minimum atomic E-state index is -0.146. The lowest BCUT2D eigenvalue weighted by Gasteiger charge is -2.34. The van der Waals surface area contributed by atoms with Crippen LogP contribution in [0.15, 0.2) is 0 Å². The predicted octanol–water partition coefficient (Wildman–Crippen LogP) is 2.50. The topological polar surface area (TPSA) is 83.8 Å². The van der Waals surface area contributed by atoms with Crippen molar-refractivity contribution in [2.24, 2.45) is 11.8 Å². The van der Waals surface area contributed by atoms with Gasteiger partial charge in [0.15, 0.2) is 5.69 Å². The van der Waals surface area contributed by atoms with E-state index in [1.165, 1.54) is 12.8 Å². The van der Waals surface area contributed by atoms with Gasteiger partial charge in [-0.15, -0.1) is 0 Å². The molecule has 0 radical (unpaired) electrons. The summed E-state index contributed by atoms with van der Waals surface area (Å²) in [6, 6.07) is 0.233. The number of aromatic amines is 1. The number of anilines is 1. The highest BCUT2D eigenvalue weighted by molar-refractivity contribution is 5.97. The van der Waals surface area contributed by atoms with Crippen molar-refractivity contribution in [1.29, 1.82) is 0 Å². The molecule has 1 aliphatic carbocycles. The van der Waals surface area contributed by atoms with Gasteiger partial charge in [0.05, 0.1) is 11.4 Å². The number of nitrogens with two attached hydrogens (primary N) is 1. The molecule has 0 bridgehead atoms. The van der Waals surface area contributed by atoms with Gasteiger partial charge in [0, 0.05) is 6.04 Å². The van der Waals surface area contributed by atoms with Crippen LogP contribution in [0.4, 0.5) is 5.69 Å². The number of nitrogens with zero attached hydrogens (tertiary/aromatic N) is 1. The average Bonchev–Trinajstić information content (AvgIpc) is 2.77. The molecule has 1 saturated carbocycles. The molecule has 5 nitrogen and oxygen atoms in total. The minimum absolute atomic E-state index is 0.146. The Morgan fingerprint density at radius 2 is 2.20 bits per heavy atom. The lowest BCUT2D eigenvalue weighted by Crippen LogP contribution is -2.44. The third-order valence-corrected chi connectivity index (χ3v) is 4.62. The molecule has 4 N–H and O–H groups in total. The van der Waals surface area contributed by atoms with Crippen molar-refractivity contribution in [2.45, 2.75) is 58.9 Å². The molecule has 0 saturated heterocycles. The van der Waals surface area contributed by atoms with Gasteiger partial charge in [-0.2, -0.15) is 5.10 Å². The van der Waals surface area contributed by atoms with Gasteiger partial charge in [0.25, 0.3) is 5.91 Å². The van der Waals surface area contributed by atoms with Gasteiger partial charge in [0.2, 0.25) is 0 Å². The quantitative estimate of drug-likeness (QED) is 0.791. The Kier molecular flexibility index (Phi) is 4.68. The maximum atomic E-state index is 12.3. The van der Waals surface area contributed by atoms with Crippen LogP contribution >= 0.6 is 0 Å². The number of nitrogen functional groups attached to an aromatic ring is 1. The number of H-pyrrole nitrogens is 1. The van der Waals surface area contributed by atoms with Crippen LogP contribution in [0, 0.1) is 11.8 Å². The second kappa shape index (κ2) is 6.29. The molecule has 1 fully saturated rings. The van der Waals surface area contributed by atoms with E-state index < -0.39 is 0 Å². The molecule has 3 atom stereocenters. The molecular weight excluding hydrogens is 252 g/mol. The molecule has 0 spiro atoms. The molecule has 1 aromatic heterocycles. The van der Waals surface area contributed by atoms with E-state index in [1.807, 2.05) is 0 Å². The number of hydrogen-bond donors (Lipinski definition) is 3. The molecule has 0 aromatic carbocycles. The molecule has 1 aliphatic rings. The molecule has 20 heavy (non-hydrogen) atoms. The van der Waals surface area contributed by atoms with Crippen molar-refractivity contribution in [3.05, 3.63) is 11.4 Å². The Bertz CT molecular complexity index is 468. The van der Waals surface area contributed by atoms with E-state index in [9.17, 15) is 4.79 Å². The minimum Gasteiger partial charge on any atom is -0.395 e. The normalized spacial score (nSPS) is 26.4. The fraction of sp³-hybridized carbons (Fsp3) is 0.733. The number of rotatable bonds is 4. The number of amides is 1. The molecular formula is C15H26N4O. The van der Waals surface area contributed by atoms with Crippen molar-refractivity contribution < 1.29 is 4.79 Å². The zero-order valence-electron chi connectivity index (χ0n) is 12.7. The third kappa shape index (κ3) is 2.97. The summed E-state index contributed by atoms with van der Waals surface area (Å²) in [6.45, 7) is 6.54. The van der Waals surface area contributed by atoms with Crippen molar-refractivity contribution in [2.75, 3.05) is 5.73 Å². The summed E-state index contributed by atoms with van der Waals surface area (Å²) in [5.74, 6) is 1.01. The van der Waals surface area contributed by atoms with Gasteiger partial charge in [-0.3, -0.25) is 9.89 Å². The van der Waals surface area contributed by atoms with Crippen LogP contribution in [0.25, 0.3) is 0 Å². The molecule has 5 heteroatoms. The molecule has 1 amide bonds. The van der Waals surface area contributed by atoms with Gasteiger partial charge in [-0.25, -0.2) is 0 Å². The SMILES string of the molecule is CCCc1[nH]nc(C(=O)NC2CCCC(C)C2C)c1N. The van der Waals surface area contributed by atoms with E-state index in [2.05, 4.69) is 36.3 Å². The van der Waals surface area contributed by atoms with Gasteiger partial charge in [-0.05, 0) is 24.7 Å². The zero-order chi connectivity index (χ0) is 14.7. The van der Waals surface area contributed by atoms with Gasteiger partial charge in [0.1, 0.15) is 0 Å². The van der Waals surface area contributed by atoms with Gasteiger partial charge >= 0.3 is 0 Å². The summed E-state index contributed by atoms with van der Waals surface area (Å²) in [5.41, 5.74) is 7.71. The maximum Gasteiger partial charge on any atom is 0.274 e. The first-order chi connectivity index (χ1) is 9.54. The molecule has 3 unspecified atom stereocenters. The summed E-state index contributed by atoms with van der Waals surface area (Å²) in [7, 11) is 0. The fourth-order valence-electron chi connectivity index (χ4n) is 3.02. The summed E-state index contributed by atoms with van der Waals surface area (Å²) in [5, 5.41) is 10.1. The zero-order valence-corrected chi connectivity index (χ0v) is 12.7. The van der Waals surface area contributed by atoms with Crippen LogP contribution in [0.2, 0.25) is 0 Å². The highest BCUT2D eigenvalue weighted by Crippen LogP contribution is 2.29. The number of aryl methyl sites for hydroxylation is 1. The van der Waals surface area contributed by atoms with Crippen molar-refractivity contribution in [3.8, 4) is 0 Å². The molecule has 112 valence electrons. The smallest absolute Gasteiger partial charge is 0.274 e. The van der Waals surface area contributed by atoms with E-state index in [0.717, 1.165) is 25.0 Å². The summed E-state index contributed by atoms with van der Waals surface area (Å²) in [4.78, 5) is 12.3. The Hall–Kier alpha value is -1.52. The second-order valence-electron chi connectivity index (χ2n) is 6.06. The van der Waals surface area contributed by atoms with Crippen LogP contribution in [-0.4, -0.2) is 22.1 Å². The molecule has 2 rings (SSSR count). The number of carbonyl (C=O) groups excluding carboxylic acids is 1. The number of carbonyl (C=O) groups is 1. The second-order valence-corrected chi connectivity index (χ2v) is 6.06. The molecule has 1 heterocycles. The Balaban J connectivity index is 2.04. The Morgan fingerprint density at radius 3 is 2.90 bits per heavy atom. The number of aromatic nitrogens is 2. The van der Waals surface area contributed by atoms with Crippen molar-refractivity contribution in [1.82, 2.24) is 15.5 Å². The standard InChI is InChI=1S/C15H26N4O/c1-4-6-12-13(16)14(19-18-12)15(20)17-11-8-5-7-9(2)10(11)3/h9-11H,4-8,16H2,1-3H3,(H,17,20)(H,18,19). The van der Waals surface area contributed by atoms with Gasteiger partial charge in [-0.1, -0.05) is 40.0 Å². The average molecular weight is 278 g/mol. The lowest BCUT2D eigenvalue weighted by atomic mass is 9.78. The number of nitrogens with one attached hydrogen (secondary N) is 2. The van der Waals surface area contributed by atoms with E-state index in [0.29, 0.717) is 23.2 Å². The fourth-order valence-corrected chi connectivity index (χ4v) is 3.02. The van der Waals surface area contributed by atoms with Crippen LogP contribution < -0.4 is 11.1 Å². The van der Waals surface area contributed by atoms with Gasteiger partial charge < -0.3 is 11.1 Å². The Labute approximate surface area is 120 Å². The third-order valence-electron chi connectivity index (χ3n) is 4.62. The number of hydrogen-bond acceptors (Lipinski definition) is 3. The van der Waals surface area contributed by atoms with E-state index in [1.54, 1.807) is 0 Å². The van der Waals surface area contributed by atoms with Crippen LogP contribution in [0.1, 0.15) is 62.6 Å². The monoisotopic (exact) mass is 278 g/mol. The first-order valence-electron chi connectivity index (χ1n) is 7.68. The highest BCUT2D eigenvalue weighted by atomic mass is 16.2. The van der Waals surface area contributed by atoms with Crippen LogP contribution in [0.3, 0.4) is 0 Å². The first-order valence-corrected chi connectivity index (χ1v) is 7.68. The summed E-state index contributed by atoms with van der Waals surface area (Å²) >= 11 is 0. The van der Waals surface area contributed by atoms with E-state index in [4.69, 9.17) is 5.73 Å². The summed E-state index contributed by atoms with van der Waals surface area (Å²) in [6.07, 6.45) is 5.27. The highest BCUT2D eigenvalue weighted by Gasteiger charge is 2.29. The lowest BCUT2D eigenvalue weighted by molar-refractivity contribution is 0.0887. The first kappa shape index (κ1) is 14.9. The van der Waals surface area contributed by atoms with E-state index in [-0.39, 0.29) is 11.9 Å². The van der Waals surface area contributed by atoms with Crippen molar-refractivity contribution >= 4 is 11.6 Å².